The number of fused-ring (bicyclic) bond motifs is 10. The number of aromatic nitrogens is 4. The molecule has 4 aromatic heterocycles. The molecule has 0 aliphatic heterocycles. The minimum Gasteiger partial charge on any atom is -0.353 e. The first kappa shape index (κ1) is 23.6. The first-order valence-electron chi connectivity index (χ1n) is 14.9. The maximum Gasteiger partial charge on any atom is 0.138 e. The van der Waals surface area contributed by atoms with E-state index in [1.807, 2.05) is 0 Å². The Balaban J connectivity index is 1.55. The van der Waals surface area contributed by atoms with E-state index < -0.39 is 0 Å². The van der Waals surface area contributed by atoms with E-state index in [0.717, 1.165) is 71.4 Å². The van der Waals surface area contributed by atoms with Gasteiger partial charge in [-0.1, -0.05) is 91.0 Å². The van der Waals surface area contributed by atoms with Crippen LogP contribution >= 0.6 is 0 Å². The molecule has 204 valence electrons. The van der Waals surface area contributed by atoms with E-state index in [1.165, 1.54) is 21.5 Å². The van der Waals surface area contributed by atoms with E-state index in [4.69, 9.17) is 9.97 Å². The number of aromatic amines is 1. The number of nitrogens with zero attached hydrogens (tertiary/aromatic N) is 3. The highest BCUT2D eigenvalue weighted by Gasteiger charge is 2.14. The molecule has 0 radical (unpaired) electrons. The van der Waals surface area contributed by atoms with Gasteiger partial charge in [0, 0.05) is 43.5 Å². The summed E-state index contributed by atoms with van der Waals surface area (Å²) in [6, 6.07) is 49.7. The predicted octanol–water partition coefficient (Wildman–Crippen LogP) is 10.4. The first-order valence-corrected chi connectivity index (χ1v) is 14.9. The third-order valence-corrected chi connectivity index (χ3v) is 9.11. The molecule has 44 heavy (non-hydrogen) atoms. The Morgan fingerprint density at radius 1 is 0.432 bits per heavy atom. The third-order valence-electron chi connectivity index (χ3n) is 9.11. The molecule has 8 bridgehead atoms. The van der Waals surface area contributed by atoms with Crippen LogP contribution < -0.4 is 0 Å². The average Bonchev–Trinajstić information content (AvgIpc) is 3.48. The Kier molecular flexibility index (Phi) is 4.69. The Labute approximate surface area is 251 Å². The molecule has 0 saturated carbocycles. The topological polar surface area (TPSA) is 46.5 Å². The van der Waals surface area contributed by atoms with Gasteiger partial charge in [-0.15, -0.1) is 0 Å². The second kappa shape index (κ2) is 8.76. The summed E-state index contributed by atoms with van der Waals surface area (Å²) in [7, 11) is 0. The molecule has 1 N–H and O–H groups in total. The highest BCUT2D eigenvalue weighted by Crippen LogP contribution is 2.37. The molecule has 10 aromatic rings. The molecule has 4 heterocycles. The van der Waals surface area contributed by atoms with Crippen molar-refractivity contribution in [3.05, 3.63) is 140 Å². The summed E-state index contributed by atoms with van der Waals surface area (Å²) in [4.78, 5) is 14.7. The second-order valence-electron chi connectivity index (χ2n) is 11.5. The van der Waals surface area contributed by atoms with Crippen molar-refractivity contribution in [2.45, 2.75) is 0 Å². The van der Waals surface area contributed by atoms with Crippen LogP contribution in [0.2, 0.25) is 0 Å². The molecule has 4 heteroatoms. The van der Waals surface area contributed by atoms with Crippen LogP contribution in [0.25, 0.3) is 92.9 Å². The number of nitrogens with one attached hydrogen (secondary N) is 1. The van der Waals surface area contributed by atoms with Crippen LogP contribution in [0.4, 0.5) is 0 Å². The summed E-state index contributed by atoms with van der Waals surface area (Å²) in [5.41, 5.74) is 7.89. The van der Waals surface area contributed by atoms with Gasteiger partial charge in [-0.2, -0.15) is 0 Å². The smallest absolute Gasteiger partial charge is 0.138 e. The summed E-state index contributed by atoms with van der Waals surface area (Å²) in [6.07, 6.45) is 0. The lowest BCUT2D eigenvalue weighted by molar-refractivity contribution is 1.12. The molecule has 0 amide bonds. The maximum absolute atomic E-state index is 5.44. The van der Waals surface area contributed by atoms with Gasteiger partial charge in [-0.25, -0.2) is 9.97 Å². The van der Waals surface area contributed by atoms with Crippen molar-refractivity contribution in [2.24, 2.45) is 0 Å². The van der Waals surface area contributed by atoms with Gasteiger partial charge in [0.2, 0.25) is 0 Å². The zero-order chi connectivity index (χ0) is 28.8. The number of H-pyrrole nitrogens is 1. The molecule has 0 saturated heterocycles. The van der Waals surface area contributed by atoms with E-state index in [9.17, 15) is 0 Å². The number of benzene rings is 6. The molecular weight excluding hydrogens is 536 g/mol. The van der Waals surface area contributed by atoms with Crippen LogP contribution in [-0.2, 0) is 0 Å². The van der Waals surface area contributed by atoms with Gasteiger partial charge in [0.05, 0.1) is 27.6 Å². The largest absolute Gasteiger partial charge is 0.353 e. The molecular formula is C40H24N4. The van der Waals surface area contributed by atoms with Gasteiger partial charge in [-0.05, 0) is 64.7 Å². The van der Waals surface area contributed by atoms with Crippen LogP contribution in [0.3, 0.4) is 0 Å². The highest BCUT2D eigenvalue weighted by atomic mass is 15.0. The molecule has 0 aliphatic rings. The number of pyridine rings is 2. The molecule has 0 spiro atoms. The first-order chi connectivity index (χ1) is 21.8. The van der Waals surface area contributed by atoms with Crippen molar-refractivity contribution in [1.29, 1.82) is 0 Å². The molecule has 10 rings (SSSR count). The fourth-order valence-corrected chi connectivity index (χ4v) is 7.14. The SMILES string of the molecule is c1ccc(-n2c3cccc(c3)c3cccc4c5cccc(c6ccc7c8ccccc8c8ccc2nc8c7n6)c5[nH]c34)cc1. The lowest BCUT2D eigenvalue weighted by Crippen LogP contribution is -1.99. The van der Waals surface area contributed by atoms with Crippen LogP contribution in [0.5, 0.6) is 0 Å². The number of hydrogen-bond donors (Lipinski definition) is 1. The Hall–Kier alpha value is -6.00. The van der Waals surface area contributed by atoms with Crippen molar-refractivity contribution in [1.82, 2.24) is 19.5 Å². The van der Waals surface area contributed by atoms with Crippen molar-refractivity contribution in [3.8, 4) is 5.69 Å². The summed E-state index contributed by atoms with van der Waals surface area (Å²) < 4.78 is 2.25. The molecule has 6 aromatic carbocycles. The summed E-state index contributed by atoms with van der Waals surface area (Å²) in [5, 5.41) is 10.4. The van der Waals surface area contributed by atoms with Crippen molar-refractivity contribution >= 4 is 87.2 Å². The van der Waals surface area contributed by atoms with Gasteiger partial charge in [-0.3, -0.25) is 4.57 Å². The van der Waals surface area contributed by atoms with Gasteiger partial charge >= 0.3 is 0 Å². The van der Waals surface area contributed by atoms with E-state index in [-0.39, 0.29) is 0 Å². The minimum atomic E-state index is 0.849. The van der Waals surface area contributed by atoms with E-state index in [1.54, 1.807) is 0 Å². The molecule has 0 aliphatic carbocycles. The van der Waals surface area contributed by atoms with Gasteiger partial charge in [0.1, 0.15) is 5.65 Å². The molecule has 0 atom stereocenters. The molecule has 0 unspecified atom stereocenters. The quantitative estimate of drug-likeness (QED) is 0.203. The Morgan fingerprint density at radius 3 is 1.84 bits per heavy atom. The van der Waals surface area contributed by atoms with Crippen molar-refractivity contribution < 1.29 is 0 Å². The van der Waals surface area contributed by atoms with Crippen molar-refractivity contribution in [2.75, 3.05) is 0 Å². The monoisotopic (exact) mass is 560 g/mol. The zero-order valence-corrected chi connectivity index (χ0v) is 23.6. The Morgan fingerprint density at radius 2 is 1.05 bits per heavy atom. The molecule has 0 fully saturated rings. The van der Waals surface area contributed by atoms with E-state index >= 15 is 0 Å². The van der Waals surface area contributed by atoms with Crippen LogP contribution in [0.15, 0.2) is 140 Å². The zero-order valence-electron chi connectivity index (χ0n) is 23.6. The van der Waals surface area contributed by atoms with Gasteiger partial charge in [0.15, 0.2) is 0 Å². The fourth-order valence-electron chi connectivity index (χ4n) is 7.14. The van der Waals surface area contributed by atoms with Gasteiger partial charge in [0.25, 0.3) is 0 Å². The second-order valence-corrected chi connectivity index (χ2v) is 11.5. The highest BCUT2D eigenvalue weighted by molar-refractivity contribution is 6.25. The van der Waals surface area contributed by atoms with E-state index in [0.29, 0.717) is 0 Å². The minimum absolute atomic E-state index is 0.849. The lowest BCUT2D eigenvalue weighted by atomic mass is 9.99. The third kappa shape index (κ3) is 3.22. The Bertz CT molecular complexity index is 2820. The maximum atomic E-state index is 5.44. The van der Waals surface area contributed by atoms with Gasteiger partial charge < -0.3 is 4.98 Å². The summed E-state index contributed by atoms with van der Waals surface area (Å²) >= 11 is 0. The normalized spacial score (nSPS) is 12.1. The van der Waals surface area contributed by atoms with Crippen LogP contribution in [0, 0.1) is 0 Å². The number of para-hydroxylation sites is 3. The molecule has 4 nitrogen and oxygen atoms in total. The van der Waals surface area contributed by atoms with E-state index in [2.05, 4.69) is 149 Å². The van der Waals surface area contributed by atoms with Crippen LogP contribution in [0.1, 0.15) is 0 Å². The van der Waals surface area contributed by atoms with Crippen LogP contribution in [-0.4, -0.2) is 19.5 Å². The number of hydrogen-bond acceptors (Lipinski definition) is 2. The lowest BCUT2D eigenvalue weighted by Gasteiger charge is -2.13. The van der Waals surface area contributed by atoms with Crippen molar-refractivity contribution in [3.63, 3.8) is 0 Å². The average molecular weight is 561 g/mol. The summed E-state index contributed by atoms with van der Waals surface area (Å²) in [6.45, 7) is 0. The fraction of sp³-hybridized carbons (Fsp3) is 0. The standard InChI is InChI=1S/C40H24N4/c1-2-10-25(11-3-1)44-26-12-6-9-24(23-26)27-15-7-16-30-31-17-8-18-34(38(31)43-37(27)30)35-21-19-32-28-13-4-5-14-29(28)33-20-22-36(44)42-40(33)39(32)41-35/h1-23,43H. The summed E-state index contributed by atoms with van der Waals surface area (Å²) in [5.74, 6) is 0. The predicted molar refractivity (Wildman–Crippen MR) is 185 cm³/mol. The number of rotatable bonds is 1.